The largest absolute Gasteiger partial charge is 0.388 e. The molecule has 0 amide bonds. The SMILES string of the molecule is CCO[C@@H]1C[C@](O)(CNCc2cnc(C)s2)C1(C)C. The van der Waals surface area contributed by atoms with Crippen LogP contribution in [0.4, 0.5) is 0 Å². The van der Waals surface area contributed by atoms with E-state index in [-0.39, 0.29) is 11.5 Å². The van der Waals surface area contributed by atoms with Crippen molar-refractivity contribution in [2.24, 2.45) is 5.41 Å². The van der Waals surface area contributed by atoms with Crippen LogP contribution < -0.4 is 5.32 Å². The lowest BCUT2D eigenvalue weighted by molar-refractivity contribution is -0.238. The maximum absolute atomic E-state index is 10.7. The van der Waals surface area contributed by atoms with E-state index in [1.807, 2.05) is 20.0 Å². The summed E-state index contributed by atoms with van der Waals surface area (Å²) in [5.74, 6) is 0. The molecule has 4 nitrogen and oxygen atoms in total. The number of ether oxygens (including phenoxy) is 1. The Morgan fingerprint density at radius 3 is 2.84 bits per heavy atom. The highest BCUT2D eigenvalue weighted by Gasteiger charge is 2.59. The summed E-state index contributed by atoms with van der Waals surface area (Å²) < 4.78 is 5.66. The van der Waals surface area contributed by atoms with Crippen molar-refractivity contribution in [3.05, 3.63) is 16.1 Å². The monoisotopic (exact) mass is 284 g/mol. The average molecular weight is 284 g/mol. The van der Waals surface area contributed by atoms with Gasteiger partial charge in [0, 0.05) is 42.6 Å². The number of hydrogen-bond donors (Lipinski definition) is 2. The molecule has 0 radical (unpaired) electrons. The van der Waals surface area contributed by atoms with Gasteiger partial charge in [-0.3, -0.25) is 0 Å². The van der Waals surface area contributed by atoms with Gasteiger partial charge in [0.15, 0.2) is 0 Å². The van der Waals surface area contributed by atoms with E-state index < -0.39 is 5.60 Å². The van der Waals surface area contributed by atoms with Gasteiger partial charge >= 0.3 is 0 Å². The fourth-order valence-corrected chi connectivity index (χ4v) is 3.41. The first-order chi connectivity index (χ1) is 8.89. The lowest BCUT2D eigenvalue weighted by Gasteiger charge is -2.58. The van der Waals surface area contributed by atoms with Crippen LogP contribution in [-0.4, -0.2) is 34.9 Å². The summed E-state index contributed by atoms with van der Waals surface area (Å²) >= 11 is 1.69. The first-order valence-electron chi connectivity index (χ1n) is 6.85. The second-order valence-electron chi connectivity index (χ2n) is 5.85. The Morgan fingerprint density at radius 2 is 2.32 bits per heavy atom. The third-order valence-corrected chi connectivity index (χ3v) is 5.19. The van der Waals surface area contributed by atoms with E-state index in [0.29, 0.717) is 19.6 Å². The zero-order valence-electron chi connectivity index (χ0n) is 12.2. The molecule has 5 heteroatoms. The van der Waals surface area contributed by atoms with Crippen molar-refractivity contribution in [1.29, 1.82) is 0 Å². The standard InChI is InChI=1S/C14H24N2O2S/c1-5-18-12-6-14(17,13(12,3)4)9-15-7-11-8-16-10(2)19-11/h8,12,15,17H,5-7,9H2,1-4H3/t12-,14+/m1/s1. The first-order valence-corrected chi connectivity index (χ1v) is 7.67. The number of aryl methyl sites for hydroxylation is 1. The topological polar surface area (TPSA) is 54.4 Å². The molecule has 2 N–H and O–H groups in total. The van der Waals surface area contributed by atoms with Crippen molar-refractivity contribution in [3.8, 4) is 0 Å². The van der Waals surface area contributed by atoms with Gasteiger partial charge in [-0.2, -0.15) is 0 Å². The van der Waals surface area contributed by atoms with Gasteiger partial charge in [-0.15, -0.1) is 11.3 Å². The van der Waals surface area contributed by atoms with E-state index in [0.717, 1.165) is 11.6 Å². The molecule has 0 aromatic carbocycles. The summed E-state index contributed by atoms with van der Waals surface area (Å²) in [7, 11) is 0. The molecule has 1 aliphatic carbocycles. The van der Waals surface area contributed by atoms with Crippen LogP contribution in [0.5, 0.6) is 0 Å². The quantitative estimate of drug-likeness (QED) is 0.840. The van der Waals surface area contributed by atoms with E-state index in [4.69, 9.17) is 4.74 Å². The fourth-order valence-electron chi connectivity index (χ4n) is 2.64. The molecule has 0 unspecified atom stereocenters. The van der Waals surface area contributed by atoms with Crippen LogP contribution in [0.25, 0.3) is 0 Å². The Morgan fingerprint density at radius 1 is 1.58 bits per heavy atom. The number of thiazole rings is 1. The van der Waals surface area contributed by atoms with Gasteiger partial charge in [-0.25, -0.2) is 4.98 Å². The Labute approximate surface area is 119 Å². The van der Waals surface area contributed by atoms with E-state index >= 15 is 0 Å². The summed E-state index contributed by atoms with van der Waals surface area (Å²) in [5, 5.41) is 15.1. The van der Waals surface area contributed by atoms with Crippen molar-refractivity contribution >= 4 is 11.3 Å². The van der Waals surface area contributed by atoms with Gasteiger partial charge in [0.2, 0.25) is 0 Å². The first kappa shape index (κ1) is 14.9. The second-order valence-corrected chi connectivity index (χ2v) is 7.17. The van der Waals surface area contributed by atoms with Crippen LogP contribution in [0.1, 0.15) is 37.1 Å². The molecule has 0 bridgehead atoms. The van der Waals surface area contributed by atoms with Crippen LogP contribution in [0.15, 0.2) is 6.20 Å². The lowest BCUT2D eigenvalue weighted by Crippen LogP contribution is -2.68. The molecule has 19 heavy (non-hydrogen) atoms. The highest BCUT2D eigenvalue weighted by molar-refractivity contribution is 7.11. The van der Waals surface area contributed by atoms with Crippen LogP contribution in [-0.2, 0) is 11.3 Å². The summed E-state index contributed by atoms with van der Waals surface area (Å²) in [6, 6.07) is 0. The zero-order chi connectivity index (χ0) is 14.1. The third kappa shape index (κ3) is 2.84. The third-order valence-electron chi connectivity index (χ3n) is 4.28. The van der Waals surface area contributed by atoms with Crippen molar-refractivity contribution in [3.63, 3.8) is 0 Å². The molecule has 1 aliphatic rings. The molecule has 1 saturated carbocycles. The van der Waals surface area contributed by atoms with E-state index in [2.05, 4.69) is 24.1 Å². The minimum Gasteiger partial charge on any atom is -0.388 e. The molecule has 1 aromatic heterocycles. The minimum atomic E-state index is -0.674. The number of rotatable bonds is 6. The van der Waals surface area contributed by atoms with E-state index in [1.165, 1.54) is 4.88 Å². The molecule has 1 heterocycles. The van der Waals surface area contributed by atoms with E-state index in [1.54, 1.807) is 11.3 Å². The van der Waals surface area contributed by atoms with Crippen LogP contribution in [0.3, 0.4) is 0 Å². The summed E-state index contributed by atoms with van der Waals surface area (Å²) in [5.41, 5.74) is -0.869. The molecule has 0 saturated heterocycles. The van der Waals surface area contributed by atoms with Crippen LogP contribution >= 0.6 is 11.3 Å². The average Bonchev–Trinajstić information content (AvgIpc) is 2.75. The normalized spacial score (nSPS) is 29.2. The Balaban J connectivity index is 1.83. The molecule has 1 aromatic rings. The molecule has 0 spiro atoms. The maximum Gasteiger partial charge on any atom is 0.0897 e. The lowest BCUT2D eigenvalue weighted by atomic mass is 9.56. The summed E-state index contributed by atoms with van der Waals surface area (Å²) in [6.07, 6.45) is 2.77. The number of aliphatic hydroxyl groups is 1. The van der Waals surface area contributed by atoms with Crippen LogP contribution in [0, 0.1) is 12.3 Å². The Hall–Kier alpha value is -0.490. The zero-order valence-corrected chi connectivity index (χ0v) is 13.0. The molecule has 1 fully saturated rings. The number of nitrogens with one attached hydrogen (secondary N) is 1. The van der Waals surface area contributed by atoms with Crippen molar-refractivity contribution in [2.45, 2.75) is 52.4 Å². The highest BCUT2D eigenvalue weighted by Crippen LogP contribution is 2.50. The molecule has 0 aliphatic heterocycles. The van der Waals surface area contributed by atoms with Gasteiger partial charge in [0.05, 0.1) is 16.7 Å². The van der Waals surface area contributed by atoms with E-state index in [9.17, 15) is 5.11 Å². The van der Waals surface area contributed by atoms with Gasteiger partial charge in [-0.05, 0) is 13.8 Å². The second kappa shape index (κ2) is 5.48. The van der Waals surface area contributed by atoms with Crippen molar-refractivity contribution < 1.29 is 9.84 Å². The van der Waals surface area contributed by atoms with Gasteiger partial charge < -0.3 is 15.2 Å². The minimum absolute atomic E-state index is 0.162. The molecular formula is C14H24N2O2S. The van der Waals surface area contributed by atoms with Crippen molar-refractivity contribution in [2.75, 3.05) is 13.2 Å². The number of aromatic nitrogens is 1. The van der Waals surface area contributed by atoms with Gasteiger partial charge in [0.1, 0.15) is 0 Å². The van der Waals surface area contributed by atoms with Gasteiger partial charge in [0.25, 0.3) is 0 Å². The molecule has 108 valence electrons. The number of nitrogens with zero attached hydrogens (tertiary/aromatic N) is 1. The Kier molecular flexibility index (Phi) is 4.30. The molecular weight excluding hydrogens is 260 g/mol. The van der Waals surface area contributed by atoms with Gasteiger partial charge in [-0.1, -0.05) is 13.8 Å². The smallest absolute Gasteiger partial charge is 0.0897 e. The summed E-state index contributed by atoms with van der Waals surface area (Å²) in [6.45, 7) is 10.2. The van der Waals surface area contributed by atoms with Crippen LogP contribution in [0.2, 0.25) is 0 Å². The maximum atomic E-state index is 10.7. The Bertz CT molecular complexity index is 433. The fraction of sp³-hybridized carbons (Fsp3) is 0.786. The molecule has 2 rings (SSSR count). The highest BCUT2D eigenvalue weighted by atomic mass is 32.1. The number of hydrogen-bond acceptors (Lipinski definition) is 5. The predicted molar refractivity (Wildman–Crippen MR) is 77.3 cm³/mol. The molecule has 2 atom stereocenters. The predicted octanol–water partition coefficient (Wildman–Crippen LogP) is 2.11. The van der Waals surface area contributed by atoms with Crippen molar-refractivity contribution in [1.82, 2.24) is 10.3 Å². The summed E-state index contributed by atoms with van der Waals surface area (Å²) in [4.78, 5) is 5.43.